The molecular weight excluding hydrogens is 284 g/mol. The SMILES string of the molecule is NS(=O)(=O)c1ccc(NCc2cccc(C3CC3)c2)cc1. The molecule has 3 rings (SSSR count). The number of nitrogens with two attached hydrogens (primary N) is 1. The number of anilines is 1. The standard InChI is InChI=1S/C16H18N2O2S/c17-21(19,20)16-8-6-15(7-9-16)18-11-12-2-1-3-14(10-12)13-4-5-13/h1-3,6-10,13,18H,4-5,11H2,(H2,17,19,20). The molecule has 110 valence electrons. The van der Waals surface area contributed by atoms with Gasteiger partial charge in [0.25, 0.3) is 0 Å². The smallest absolute Gasteiger partial charge is 0.238 e. The van der Waals surface area contributed by atoms with E-state index in [0.29, 0.717) is 0 Å². The third kappa shape index (κ3) is 3.62. The first-order valence-corrected chi connectivity index (χ1v) is 8.52. The summed E-state index contributed by atoms with van der Waals surface area (Å²) in [5.41, 5.74) is 3.52. The summed E-state index contributed by atoms with van der Waals surface area (Å²) in [4.78, 5) is 0.129. The van der Waals surface area contributed by atoms with E-state index < -0.39 is 10.0 Å². The molecule has 0 heterocycles. The highest BCUT2D eigenvalue weighted by molar-refractivity contribution is 7.89. The zero-order valence-corrected chi connectivity index (χ0v) is 12.4. The van der Waals surface area contributed by atoms with Crippen LogP contribution in [0.2, 0.25) is 0 Å². The quantitative estimate of drug-likeness (QED) is 0.892. The zero-order valence-electron chi connectivity index (χ0n) is 11.6. The van der Waals surface area contributed by atoms with E-state index in [1.807, 2.05) is 0 Å². The highest BCUT2D eigenvalue weighted by atomic mass is 32.2. The number of rotatable bonds is 5. The summed E-state index contributed by atoms with van der Waals surface area (Å²) in [6.07, 6.45) is 2.60. The molecule has 5 heteroatoms. The number of hydrogen-bond acceptors (Lipinski definition) is 3. The van der Waals surface area contributed by atoms with Gasteiger partial charge in [-0.1, -0.05) is 24.3 Å². The number of benzene rings is 2. The maximum atomic E-state index is 11.2. The topological polar surface area (TPSA) is 72.2 Å². The van der Waals surface area contributed by atoms with Crippen molar-refractivity contribution in [3.8, 4) is 0 Å². The lowest BCUT2D eigenvalue weighted by atomic mass is 10.1. The van der Waals surface area contributed by atoms with Gasteiger partial charge in [0, 0.05) is 12.2 Å². The monoisotopic (exact) mass is 302 g/mol. The van der Waals surface area contributed by atoms with Gasteiger partial charge in [-0.3, -0.25) is 0 Å². The van der Waals surface area contributed by atoms with Crippen molar-refractivity contribution in [1.29, 1.82) is 0 Å². The van der Waals surface area contributed by atoms with Crippen LogP contribution in [0.4, 0.5) is 5.69 Å². The molecule has 0 aromatic heterocycles. The van der Waals surface area contributed by atoms with E-state index >= 15 is 0 Å². The molecule has 0 atom stereocenters. The molecule has 1 aliphatic carbocycles. The first kappa shape index (κ1) is 14.1. The van der Waals surface area contributed by atoms with Crippen molar-refractivity contribution >= 4 is 15.7 Å². The molecule has 1 saturated carbocycles. The second-order valence-corrected chi connectivity index (χ2v) is 7.00. The fraction of sp³-hybridized carbons (Fsp3) is 0.250. The zero-order chi connectivity index (χ0) is 14.9. The molecule has 0 bridgehead atoms. The largest absolute Gasteiger partial charge is 0.381 e. The van der Waals surface area contributed by atoms with Gasteiger partial charge in [-0.05, 0) is 54.2 Å². The van der Waals surface area contributed by atoms with Crippen LogP contribution < -0.4 is 10.5 Å². The van der Waals surface area contributed by atoms with Gasteiger partial charge in [-0.15, -0.1) is 0 Å². The molecule has 2 aromatic rings. The summed E-state index contributed by atoms with van der Waals surface area (Å²) < 4.78 is 22.4. The van der Waals surface area contributed by atoms with Crippen LogP contribution in [0, 0.1) is 0 Å². The normalized spacial score (nSPS) is 14.9. The molecule has 0 spiro atoms. The Kier molecular flexibility index (Phi) is 3.69. The minimum atomic E-state index is -3.62. The summed E-state index contributed by atoms with van der Waals surface area (Å²) in [7, 11) is -3.62. The Morgan fingerprint density at radius 3 is 2.43 bits per heavy atom. The van der Waals surface area contributed by atoms with E-state index in [-0.39, 0.29) is 4.90 Å². The molecule has 1 aliphatic rings. The molecule has 0 amide bonds. The summed E-state index contributed by atoms with van der Waals surface area (Å²) in [6.45, 7) is 0.718. The van der Waals surface area contributed by atoms with Gasteiger partial charge < -0.3 is 5.32 Å². The maximum absolute atomic E-state index is 11.2. The molecule has 21 heavy (non-hydrogen) atoms. The van der Waals surface area contributed by atoms with Crippen LogP contribution in [0.15, 0.2) is 53.4 Å². The van der Waals surface area contributed by atoms with Gasteiger partial charge in [0.1, 0.15) is 0 Å². The number of nitrogens with one attached hydrogen (secondary N) is 1. The van der Waals surface area contributed by atoms with Crippen LogP contribution >= 0.6 is 0 Å². The lowest BCUT2D eigenvalue weighted by Gasteiger charge is -2.08. The van der Waals surface area contributed by atoms with Gasteiger partial charge in [-0.2, -0.15) is 0 Å². The third-order valence-corrected chi connectivity index (χ3v) is 4.61. The first-order chi connectivity index (χ1) is 10.0. The minimum absolute atomic E-state index is 0.129. The Labute approximate surface area is 125 Å². The summed E-state index contributed by atoms with van der Waals surface area (Å²) in [5.74, 6) is 0.749. The Hall–Kier alpha value is -1.85. The maximum Gasteiger partial charge on any atom is 0.238 e. The highest BCUT2D eigenvalue weighted by Crippen LogP contribution is 2.40. The second-order valence-electron chi connectivity index (χ2n) is 5.44. The summed E-state index contributed by atoms with van der Waals surface area (Å²) in [5, 5.41) is 8.37. The predicted molar refractivity (Wildman–Crippen MR) is 83.6 cm³/mol. The van der Waals surface area contributed by atoms with Crippen LogP contribution in [0.25, 0.3) is 0 Å². The molecular formula is C16H18N2O2S. The van der Waals surface area contributed by atoms with Gasteiger partial charge in [-0.25, -0.2) is 13.6 Å². The van der Waals surface area contributed by atoms with Crippen LogP contribution in [0.5, 0.6) is 0 Å². The second kappa shape index (κ2) is 5.50. The van der Waals surface area contributed by atoms with Crippen LogP contribution in [-0.4, -0.2) is 8.42 Å². The van der Waals surface area contributed by atoms with E-state index in [9.17, 15) is 8.42 Å². The molecule has 0 aliphatic heterocycles. The van der Waals surface area contributed by atoms with E-state index in [0.717, 1.165) is 18.2 Å². The van der Waals surface area contributed by atoms with Crippen molar-refractivity contribution in [3.63, 3.8) is 0 Å². The van der Waals surface area contributed by atoms with Crippen LogP contribution in [-0.2, 0) is 16.6 Å². The van der Waals surface area contributed by atoms with Crippen molar-refractivity contribution in [1.82, 2.24) is 0 Å². The van der Waals surface area contributed by atoms with Gasteiger partial charge in [0.2, 0.25) is 10.0 Å². The highest BCUT2D eigenvalue weighted by Gasteiger charge is 2.23. The van der Waals surface area contributed by atoms with Gasteiger partial charge in [0.05, 0.1) is 4.90 Å². The van der Waals surface area contributed by atoms with Crippen molar-refractivity contribution in [2.45, 2.75) is 30.2 Å². The third-order valence-electron chi connectivity index (χ3n) is 3.68. The van der Waals surface area contributed by atoms with Gasteiger partial charge in [0.15, 0.2) is 0 Å². The lowest BCUT2D eigenvalue weighted by molar-refractivity contribution is 0.598. The fourth-order valence-electron chi connectivity index (χ4n) is 2.34. The molecule has 3 N–H and O–H groups in total. The van der Waals surface area contributed by atoms with E-state index in [1.54, 1.807) is 12.1 Å². The predicted octanol–water partition coefficient (Wildman–Crippen LogP) is 2.82. The molecule has 1 fully saturated rings. The Balaban J connectivity index is 1.66. The molecule has 4 nitrogen and oxygen atoms in total. The molecule has 0 saturated heterocycles. The molecule has 0 unspecified atom stereocenters. The van der Waals surface area contributed by atoms with Crippen LogP contribution in [0.1, 0.15) is 29.9 Å². The van der Waals surface area contributed by atoms with Crippen molar-refractivity contribution < 1.29 is 8.42 Å². The Morgan fingerprint density at radius 1 is 1.10 bits per heavy atom. The van der Waals surface area contributed by atoms with E-state index in [1.165, 1.54) is 36.1 Å². The first-order valence-electron chi connectivity index (χ1n) is 6.98. The average Bonchev–Trinajstić information content (AvgIpc) is 3.30. The number of hydrogen-bond donors (Lipinski definition) is 2. The van der Waals surface area contributed by atoms with Crippen molar-refractivity contribution in [3.05, 3.63) is 59.7 Å². The molecule has 2 aromatic carbocycles. The summed E-state index contributed by atoms with van der Waals surface area (Å²) in [6, 6.07) is 15.1. The lowest BCUT2D eigenvalue weighted by Crippen LogP contribution is -2.12. The van der Waals surface area contributed by atoms with Crippen LogP contribution in [0.3, 0.4) is 0 Å². The number of sulfonamides is 1. The van der Waals surface area contributed by atoms with E-state index in [2.05, 4.69) is 29.6 Å². The fourth-order valence-corrected chi connectivity index (χ4v) is 2.86. The van der Waals surface area contributed by atoms with Gasteiger partial charge >= 0.3 is 0 Å². The van der Waals surface area contributed by atoms with Crippen molar-refractivity contribution in [2.75, 3.05) is 5.32 Å². The van der Waals surface area contributed by atoms with E-state index in [4.69, 9.17) is 5.14 Å². The number of primary sulfonamides is 1. The molecule has 0 radical (unpaired) electrons. The van der Waals surface area contributed by atoms with Crippen molar-refractivity contribution in [2.24, 2.45) is 5.14 Å². The Morgan fingerprint density at radius 2 is 1.81 bits per heavy atom. The average molecular weight is 302 g/mol. The Bertz CT molecular complexity index is 735. The summed E-state index contributed by atoms with van der Waals surface area (Å²) >= 11 is 0. The minimum Gasteiger partial charge on any atom is -0.381 e.